The van der Waals surface area contributed by atoms with Crippen molar-refractivity contribution in [2.75, 3.05) is 26.0 Å². The van der Waals surface area contributed by atoms with E-state index in [0.717, 1.165) is 49.1 Å². The molecular weight excluding hydrogens is 492 g/mol. The average molecular weight is 523 g/mol. The maximum atomic E-state index is 14.7. The van der Waals surface area contributed by atoms with Crippen molar-refractivity contribution in [2.24, 2.45) is 5.41 Å². The van der Waals surface area contributed by atoms with E-state index in [1.807, 2.05) is 0 Å². The molecule has 4 rings (SSSR count). The fourth-order valence-electron chi connectivity index (χ4n) is 5.10. The number of hydrogen-bond donors (Lipinski definition) is 2. The molecule has 194 valence electrons. The van der Waals surface area contributed by atoms with Gasteiger partial charge in [-0.15, -0.1) is 11.8 Å². The molecule has 3 aromatic rings. The first-order valence-electron chi connectivity index (χ1n) is 12.1. The zero-order valence-corrected chi connectivity index (χ0v) is 20.9. The predicted octanol–water partition coefficient (Wildman–Crippen LogP) is 6.04. The first-order chi connectivity index (χ1) is 17.3. The first kappa shape index (κ1) is 26.7. The van der Waals surface area contributed by atoms with Crippen molar-refractivity contribution in [3.8, 4) is 5.75 Å². The molecular formula is C27H30F4N2O2S. The van der Waals surface area contributed by atoms with Crippen molar-refractivity contribution in [3.63, 3.8) is 0 Å². The minimum Gasteiger partial charge on any atom is -0.497 e. The number of methoxy groups -OCH3 is 1. The molecule has 2 heterocycles. The Kier molecular flexibility index (Phi) is 8.74. The zero-order valence-electron chi connectivity index (χ0n) is 20.1. The number of aryl methyl sites for hydroxylation is 1. The summed E-state index contributed by atoms with van der Waals surface area (Å²) in [5.41, 5.74) is 0.910. The van der Waals surface area contributed by atoms with E-state index < -0.39 is 23.6 Å². The lowest BCUT2D eigenvalue weighted by atomic mass is 9.70. The highest BCUT2D eigenvalue weighted by atomic mass is 32.2. The molecule has 1 aliphatic heterocycles. The van der Waals surface area contributed by atoms with Crippen molar-refractivity contribution in [2.45, 2.75) is 49.5 Å². The fraction of sp³-hybridized carbons (Fsp3) is 0.444. The molecule has 1 fully saturated rings. The number of piperidine rings is 1. The summed E-state index contributed by atoms with van der Waals surface area (Å²) < 4.78 is 61.0. The molecule has 1 unspecified atom stereocenters. The highest BCUT2D eigenvalue weighted by Crippen LogP contribution is 2.41. The Labute approximate surface area is 212 Å². The van der Waals surface area contributed by atoms with E-state index in [4.69, 9.17) is 4.74 Å². The van der Waals surface area contributed by atoms with Gasteiger partial charge in [-0.3, -0.25) is 4.98 Å². The third-order valence-corrected chi connectivity index (χ3v) is 8.20. The van der Waals surface area contributed by atoms with Crippen molar-refractivity contribution in [3.05, 3.63) is 65.4 Å². The van der Waals surface area contributed by atoms with Crippen LogP contribution in [0.4, 0.5) is 17.6 Å². The van der Waals surface area contributed by atoms with Crippen LogP contribution in [0.3, 0.4) is 0 Å². The summed E-state index contributed by atoms with van der Waals surface area (Å²) in [5.74, 6) is -2.54. The number of benzene rings is 2. The number of nitrogens with zero attached hydrogens (tertiary/aromatic N) is 1. The second-order valence-electron chi connectivity index (χ2n) is 9.29. The maximum Gasteiger partial charge on any atom is 0.172 e. The van der Waals surface area contributed by atoms with Gasteiger partial charge in [0.15, 0.2) is 11.6 Å². The number of fused-ring (bicyclic) bond motifs is 1. The largest absolute Gasteiger partial charge is 0.497 e. The van der Waals surface area contributed by atoms with E-state index in [1.165, 1.54) is 6.20 Å². The molecule has 1 saturated heterocycles. The van der Waals surface area contributed by atoms with Crippen molar-refractivity contribution in [1.82, 2.24) is 10.3 Å². The van der Waals surface area contributed by atoms with E-state index in [0.29, 0.717) is 54.3 Å². The Balaban J connectivity index is 1.43. The first-order valence-corrected chi connectivity index (χ1v) is 13.1. The highest BCUT2D eigenvalue weighted by molar-refractivity contribution is 7.99. The van der Waals surface area contributed by atoms with Crippen LogP contribution in [0.5, 0.6) is 5.75 Å². The summed E-state index contributed by atoms with van der Waals surface area (Å²) in [6.07, 6.45) is 4.29. The lowest BCUT2D eigenvalue weighted by Crippen LogP contribution is -2.44. The molecule has 0 radical (unpaired) electrons. The van der Waals surface area contributed by atoms with Crippen LogP contribution in [-0.4, -0.2) is 42.1 Å². The lowest BCUT2D eigenvalue weighted by molar-refractivity contribution is -0.00831. The molecule has 4 nitrogen and oxygen atoms in total. The molecule has 0 spiro atoms. The summed E-state index contributed by atoms with van der Waals surface area (Å²) >= 11 is 0.995. The summed E-state index contributed by atoms with van der Waals surface area (Å²) in [6, 6.07) is 6.88. The van der Waals surface area contributed by atoms with Gasteiger partial charge in [-0.25, -0.2) is 17.6 Å². The van der Waals surface area contributed by atoms with Gasteiger partial charge in [0, 0.05) is 22.1 Å². The number of aliphatic hydroxyl groups is 1. The standard InChI is InChI=1S/C27H30F4N2O2S/c1-35-18-4-5-23-20(15-18)19(22(30)16-33-23)3-2-7-27(8-10-32-11-9-27)25(34)6-12-36-24-14-17(28)13-21(29)26(24)31/h4-5,13-16,25,32,34H,2-3,6-12H2,1H3. The van der Waals surface area contributed by atoms with Gasteiger partial charge >= 0.3 is 0 Å². The van der Waals surface area contributed by atoms with Gasteiger partial charge in [0.2, 0.25) is 0 Å². The molecule has 0 saturated carbocycles. The Bertz CT molecular complexity index is 1200. The Morgan fingerprint density at radius 3 is 2.64 bits per heavy atom. The molecule has 0 aliphatic carbocycles. The van der Waals surface area contributed by atoms with Gasteiger partial charge in [0.1, 0.15) is 17.4 Å². The van der Waals surface area contributed by atoms with Gasteiger partial charge in [0.05, 0.1) is 24.9 Å². The van der Waals surface area contributed by atoms with Crippen LogP contribution < -0.4 is 10.1 Å². The van der Waals surface area contributed by atoms with E-state index >= 15 is 0 Å². The second kappa shape index (κ2) is 11.8. The number of hydrogen-bond acceptors (Lipinski definition) is 5. The van der Waals surface area contributed by atoms with Crippen LogP contribution in [0.25, 0.3) is 10.9 Å². The lowest BCUT2D eigenvalue weighted by Gasteiger charge is -2.42. The number of pyridine rings is 1. The van der Waals surface area contributed by atoms with Crippen LogP contribution in [0.1, 0.15) is 37.7 Å². The average Bonchev–Trinajstić information content (AvgIpc) is 2.88. The van der Waals surface area contributed by atoms with Gasteiger partial charge in [-0.1, -0.05) is 0 Å². The molecule has 1 aromatic heterocycles. The van der Waals surface area contributed by atoms with E-state index in [9.17, 15) is 22.7 Å². The van der Waals surface area contributed by atoms with Crippen LogP contribution >= 0.6 is 11.8 Å². The smallest absolute Gasteiger partial charge is 0.172 e. The summed E-state index contributed by atoms with van der Waals surface area (Å²) in [6.45, 7) is 1.52. The monoisotopic (exact) mass is 522 g/mol. The summed E-state index contributed by atoms with van der Waals surface area (Å²) in [5, 5.41) is 15.2. The Morgan fingerprint density at radius 2 is 1.89 bits per heavy atom. The minimum atomic E-state index is -1.22. The van der Waals surface area contributed by atoms with Crippen molar-refractivity contribution < 1.29 is 27.4 Å². The quantitative estimate of drug-likeness (QED) is 0.193. The number of rotatable bonds is 10. The number of aliphatic hydroxyl groups excluding tert-OH is 1. The molecule has 0 bridgehead atoms. The van der Waals surface area contributed by atoms with Gasteiger partial charge in [-0.05, 0) is 86.9 Å². The highest BCUT2D eigenvalue weighted by Gasteiger charge is 2.38. The second-order valence-corrected chi connectivity index (χ2v) is 10.4. The van der Waals surface area contributed by atoms with E-state index in [2.05, 4.69) is 10.3 Å². The molecule has 36 heavy (non-hydrogen) atoms. The SMILES string of the molecule is COc1ccc2ncc(F)c(CCCC3(C(O)CCSc4cc(F)cc(F)c4F)CCNCC3)c2c1. The molecule has 0 amide bonds. The predicted molar refractivity (Wildman–Crippen MR) is 133 cm³/mol. The number of halogens is 4. The normalized spacial score (nSPS) is 16.3. The van der Waals surface area contributed by atoms with Gasteiger partial charge < -0.3 is 15.2 Å². The van der Waals surface area contributed by atoms with Crippen molar-refractivity contribution >= 4 is 22.7 Å². The number of aromatic nitrogens is 1. The third kappa shape index (κ3) is 5.95. The third-order valence-electron chi connectivity index (χ3n) is 7.15. The maximum absolute atomic E-state index is 14.7. The topological polar surface area (TPSA) is 54.4 Å². The Hall–Kier alpha value is -2.36. The number of nitrogens with one attached hydrogen (secondary N) is 1. The van der Waals surface area contributed by atoms with Crippen LogP contribution in [0.2, 0.25) is 0 Å². The van der Waals surface area contributed by atoms with Crippen LogP contribution in [0, 0.1) is 28.7 Å². The van der Waals surface area contributed by atoms with Crippen molar-refractivity contribution in [1.29, 1.82) is 0 Å². The summed E-state index contributed by atoms with van der Waals surface area (Å²) in [4.78, 5) is 4.08. The van der Waals surface area contributed by atoms with Gasteiger partial charge in [0.25, 0.3) is 0 Å². The van der Waals surface area contributed by atoms with Crippen LogP contribution in [0.15, 0.2) is 41.4 Å². The Morgan fingerprint density at radius 1 is 1.11 bits per heavy atom. The van der Waals surface area contributed by atoms with Gasteiger partial charge in [-0.2, -0.15) is 0 Å². The molecule has 1 aliphatic rings. The molecule has 9 heteroatoms. The number of ether oxygens (including phenoxy) is 1. The molecule has 2 aromatic carbocycles. The van der Waals surface area contributed by atoms with E-state index in [-0.39, 0.29) is 16.1 Å². The molecule has 2 N–H and O–H groups in total. The minimum absolute atomic E-state index is 0.102. The van der Waals surface area contributed by atoms with E-state index in [1.54, 1.807) is 25.3 Å². The van der Waals surface area contributed by atoms with Crippen LogP contribution in [-0.2, 0) is 6.42 Å². The zero-order chi connectivity index (χ0) is 25.7. The molecule has 1 atom stereocenters. The number of thioether (sulfide) groups is 1. The fourth-order valence-corrected chi connectivity index (χ4v) is 6.08. The summed E-state index contributed by atoms with van der Waals surface area (Å²) in [7, 11) is 1.56.